The predicted octanol–water partition coefficient (Wildman–Crippen LogP) is 4.47. The van der Waals surface area contributed by atoms with E-state index in [2.05, 4.69) is 14.9 Å². The monoisotopic (exact) mass is 371 g/mol. The van der Waals surface area contributed by atoms with Crippen molar-refractivity contribution in [3.8, 4) is 17.0 Å². The summed E-state index contributed by atoms with van der Waals surface area (Å²) in [5.74, 6) is 1.64. The van der Waals surface area contributed by atoms with E-state index in [0.717, 1.165) is 28.5 Å². The van der Waals surface area contributed by atoms with Crippen LogP contribution in [0.2, 0.25) is 5.02 Å². The van der Waals surface area contributed by atoms with Gasteiger partial charge in [-0.25, -0.2) is 4.98 Å². The van der Waals surface area contributed by atoms with Gasteiger partial charge in [0.25, 0.3) is 0 Å². The lowest BCUT2D eigenvalue weighted by Gasteiger charge is -2.14. The summed E-state index contributed by atoms with van der Waals surface area (Å²) in [6, 6.07) is 15.7. The summed E-state index contributed by atoms with van der Waals surface area (Å²) in [7, 11) is 3.37. The second kappa shape index (κ2) is 8.74. The number of nitrogens with one attached hydrogen (secondary N) is 1. The minimum absolute atomic E-state index is 0.598. The molecule has 0 aliphatic carbocycles. The predicted molar refractivity (Wildman–Crippen MR) is 105 cm³/mol. The van der Waals surface area contributed by atoms with Crippen LogP contribution in [0.15, 0.2) is 54.7 Å². The Labute approximate surface area is 158 Å². The molecule has 26 heavy (non-hydrogen) atoms. The number of nitrogens with zero attached hydrogens (tertiary/aromatic N) is 2. The molecular weight excluding hydrogens is 350 g/mol. The lowest BCUT2D eigenvalue weighted by Crippen LogP contribution is -2.12. The van der Waals surface area contributed by atoms with E-state index in [1.165, 1.54) is 0 Å². The molecular formula is C20H22ClN3O2. The second-order valence-electron chi connectivity index (χ2n) is 5.78. The van der Waals surface area contributed by atoms with Gasteiger partial charge in [-0.05, 0) is 23.8 Å². The summed E-state index contributed by atoms with van der Waals surface area (Å²) in [5.41, 5.74) is 3.15. The van der Waals surface area contributed by atoms with Gasteiger partial charge in [-0.2, -0.15) is 0 Å². The first-order valence-electron chi connectivity index (χ1n) is 8.39. The molecule has 1 N–H and O–H groups in total. The fraction of sp³-hybridized carbons (Fsp3) is 0.250. The van der Waals surface area contributed by atoms with Crippen LogP contribution in [0.1, 0.15) is 5.56 Å². The smallest absolute Gasteiger partial charge is 0.203 e. The van der Waals surface area contributed by atoms with Gasteiger partial charge in [0.1, 0.15) is 5.75 Å². The second-order valence-corrected chi connectivity index (χ2v) is 6.22. The average molecular weight is 372 g/mol. The molecule has 0 aliphatic heterocycles. The van der Waals surface area contributed by atoms with Gasteiger partial charge < -0.3 is 19.4 Å². The van der Waals surface area contributed by atoms with E-state index in [-0.39, 0.29) is 0 Å². The van der Waals surface area contributed by atoms with Gasteiger partial charge in [-0.1, -0.05) is 41.9 Å². The van der Waals surface area contributed by atoms with Crippen molar-refractivity contribution in [3.63, 3.8) is 0 Å². The van der Waals surface area contributed by atoms with E-state index < -0.39 is 0 Å². The molecule has 136 valence electrons. The molecule has 5 nitrogen and oxygen atoms in total. The van der Waals surface area contributed by atoms with Crippen LogP contribution in [0, 0.1) is 0 Å². The minimum Gasteiger partial charge on any atom is -0.496 e. The first-order chi connectivity index (χ1) is 12.7. The van der Waals surface area contributed by atoms with Crippen LogP contribution in [-0.2, 0) is 17.8 Å². The molecule has 0 unspecified atom stereocenters. The summed E-state index contributed by atoms with van der Waals surface area (Å²) in [6.45, 7) is 1.91. The highest BCUT2D eigenvalue weighted by molar-refractivity contribution is 6.30. The van der Waals surface area contributed by atoms with Gasteiger partial charge in [0.05, 0.1) is 25.6 Å². The molecule has 0 aliphatic rings. The number of para-hydroxylation sites is 1. The first kappa shape index (κ1) is 18.3. The van der Waals surface area contributed by atoms with Crippen molar-refractivity contribution in [2.24, 2.45) is 0 Å². The number of hydrogen-bond donors (Lipinski definition) is 1. The Kier molecular flexibility index (Phi) is 6.15. The van der Waals surface area contributed by atoms with Crippen LogP contribution in [0.25, 0.3) is 11.3 Å². The lowest BCUT2D eigenvalue weighted by molar-refractivity contribution is 0.188. The Hall–Kier alpha value is -2.50. The molecule has 0 amide bonds. The van der Waals surface area contributed by atoms with Crippen molar-refractivity contribution in [2.75, 3.05) is 26.1 Å². The highest BCUT2D eigenvalue weighted by Crippen LogP contribution is 2.26. The van der Waals surface area contributed by atoms with E-state index in [1.807, 2.05) is 54.7 Å². The third-order valence-electron chi connectivity index (χ3n) is 4.14. The van der Waals surface area contributed by atoms with Crippen LogP contribution in [0.3, 0.4) is 0 Å². The Balaban J connectivity index is 1.85. The van der Waals surface area contributed by atoms with Gasteiger partial charge >= 0.3 is 0 Å². The highest BCUT2D eigenvalue weighted by atomic mass is 35.5. The summed E-state index contributed by atoms with van der Waals surface area (Å²) in [6.07, 6.45) is 1.86. The quantitative estimate of drug-likeness (QED) is 0.634. The summed E-state index contributed by atoms with van der Waals surface area (Å²) >= 11 is 6.01. The maximum Gasteiger partial charge on any atom is 0.203 e. The van der Waals surface area contributed by atoms with Crippen LogP contribution < -0.4 is 10.1 Å². The number of hydrogen-bond acceptors (Lipinski definition) is 4. The number of methoxy groups -OCH3 is 2. The number of rotatable bonds is 8. The van der Waals surface area contributed by atoms with E-state index in [9.17, 15) is 0 Å². The van der Waals surface area contributed by atoms with Crippen molar-refractivity contribution in [1.82, 2.24) is 9.55 Å². The number of ether oxygens (including phenoxy) is 2. The van der Waals surface area contributed by atoms with Crippen LogP contribution in [0.4, 0.5) is 5.95 Å². The molecule has 0 saturated heterocycles. The first-order valence-corrected chi connectivity index (χ1v) is 8.77. The van der Waals surface area contributed by atoms with Crippen LogP contribution in [-0.4, -0.2) is 30.4 Å². The van der Waals surface area contributed by atoms with Crippen LogP contribution in [0.5, 0.6) is 5.75 Å². The zero-order valence-electron chi connectivity index (χ0n) is 14.9. The summed E-state index contributed by atoms with van der Waals surface area (Å²) in [5, 5.41) is 4.12. The molecule has 6 heteroatoms. The number of anilines is 1. The normalized spacial score (nSPS) is 10.7. The van der Waals surface area contributed by atoms with E-state index in [1.54, 1.807) is 14.2 Å². The number of imidazole rings is 1. The van der Waals surface area contributed by atoms with Gasteiger partial charge in [0.15, 0.2) is 0 Å². The van der Waals surface area contributed by atoms with Crippen molar-refractivity contribution < 1.29 is 9.47 Å². The third-order valence-corrected chi connectivity index (χ3v) is 4.40. The van der Waals surface area contributed by atoms with E-state index >= 15 is 0 Å². The average Bonchev–Trinajstić information content (AvgIpc) is 3.08. The van der Waals surface area contributed by atoms with Gasteiger partial charge in [-0.15, -0.1) is 0 Å². The van der Waals surface area contributed by atoms with E-state index in [4.69, 9.17) is 21.1 Å². The standard InChI is InChI=1S/C20H22ClN3O2/c1-25-12-11-24-18(15-7-9-17(21)10-8-15)14-23-20(24)22-13-16-5-3-4-6-19(16)26-2/h3-10,14H,11-13H2,1-2H3,(H,22,23). The van der Waals surface area contributed by atoms with Gasteiger partial charge in [-0.3, -0.25) is 0 Å². The maximum atomic E-state index is 6.01. The maximum absolute atomic E-state index is 6.01. The van der Waals surface area contributed by atoms with Crippen LogP contribution >= 0.6 is 11.6 Å². The molecule has 0 fully saturated rings. The molecule has 0 spiro atoms. The number of aromatic nitrogens is 2. The molecule has 0 saturated carbocycles. The fourth-order valence-electron chi connectivity index (χ4n) is 2.80. The van der Waals surface area contributed by atoms with Crippen molar-refractivity contribution >= 4 is 17.5 Å². The Morgan fingerprint density at radius 3 is 2.58 bits per heavy atom. The van der Waals surface area contributed by atoms with Crippen molar-refractivity contribution in [3.05, 3.63) is 65.3 Å². The number of benzene rings is 2. The molecule has 3 rings (SSSR count). The molecule has 0 atom stereocenters. The molecule has 3 aromatic rings. The van der Waals surface area contributed by atoms with Gasteiger partial charge in [0, 0.05) is 30.8 Å². The Bertz CT molecular complexity index is 847. The number of halogens is 1. The van der Waals surface area contributed by atoms with E-state index in [0.29, 0.717) is 24.7 Å². The third kappa shape index (κ3) is 4.18. The molecule has 1 aromatic heterocycles. The molecule has 0 radical (unpaired) electrons. The topological polar surface area (TPSA) is 48.3 Å². The Morgan fingerprint density at radius 2 is 1.85 bits per heavy atom. The van der Waals surface area contributed by atoms with Crippen molar-refractivity contribution in [1.29, 1.82) is 0 Å². The summed E-state index contributed by atoms with van der Waals surface area (Å²) in [4.78, 5) is 4.56. The molecule has 0 bridgehead atoms. The SMILES string of the molecule is COCCn1c(-c2ccc(Cl)cc2)cnc1NCc1ccccc1OC. The highest BCUT2D eigenvalue weighted by Gasteiger charge is 2.12. The largest absolute Gasteiger partial charge is 0.496 e. The zero-order valence-corrected chi connectivity index (χ0v) is 15.7. The fourth-order valence-corrected chi connectivity index (χ4v) is 2.93. The lowest BCUT2D eigenvalue weighted by atomic mass is 10.2. The van der Waals surface area contributed by atoms with Gasteiger partial charge in [0.2, 0.25) is 5.95 Å². The van der Waals surface area contributed by atoms with Crippen molar-refractivity contribution in [2.45, 2.75) is 13.1 Å². The molecule has 2 aromatic carbocycles. The zero-order chi connectivity index (χ0) is 18.4. The minimum atomic E-state index is 0.598. The Morgan fingerprint density at radius 1 is 1.08 bits per heavy atom. The summed E-state index contributed by atoms with van der Waals surface area (Å²) < 4.78 is 12.8. The molecule has 1 heterocycles.